The van der Waals surface area contributed by atoms with E-state index in [-0.39, 0.29) is 5.57 Å². The molecule has 1 aliphatic rings. The van der Waals surface area contributed by atoms with E-state index in [0.29, 0.717) is 46.9 Å². The zero-order chi connectivity index (χ0) is 27.2. The molecule has 0 atom stereocenters. The molecule has 1 aliphatic heterocycles. The molecule has 0 spiro atoms. The molecule has 1 heterocycles. The van der Waals surface area contributed by atoms with Crippen LogP contribution in [-0.4, -0.2) is 24.5 Å². The Hall–Kier alpha value is -3.69. The molecule has 9 heteroatoms. The summed E-state index contributed by atoms with van der Waals surface area (Å²) in [6, 6.07) is 17.2. The highest BCUT2D eigenvalue weighted by atomic mass is 79.9. The summed E-state index contributed by atoms with van der Waals surface area (Å²) in [5.41, 5.74) is 2.45. The van der Waals surface area contributed by atoms with E-state index >= 15 is 0 Å². The normalized spacial score (nSPS) is 14.4. The number of halogens is 2. The van der Waals surface area contributed by atoms with Crippen molar-refractivity contribution < 1.29 is 23.9 Å². The second-order valence-corrected chi connectivity index (χ2v) is 10.1. The third-order valence-corrected chi connectivity index (χ3v) is 6.62. The quantitative estimate of drug-likeness (QED) is 0.162. The van der Waals surface area contributed by atoms with Gasteiger partial charge in [-0.05, 0) is 73.0 Å². The monoisotopic (exact) mass is 638 g/mol. The van der Waals surface area contributed by atoms with Crippen LogP contribution in [0.4, 0.5) is 10.5 Å². The third-order valence-electron chi connectivity index (χ3n) is 5.59. The van der Waals surface area contributed by atoms with Gasteiger partial charge < -0.3 is 9.47 Å². The molecule has 0 saturated carbocycles. The van der Waals surface area contributed by atoms with E-state index < -0.39 is 17.8 Å². The average molecular weight is 640 g/mol. The number of nitrogens with one attached hydrogen (secondary N) is 1. The van der Waals surface area contributed by atoms with Crippen LogP contribution in [0.15, 0.2) is 87.8 Å². The number of hydrogen-bond donors (Lipinski definition) is 1. The molecule has 0 aromatic heterocycles. The first-order valence-electron chi connectivity index (χ1n) is 11.8. The fraction of sp³-hybridized carbons (Fsp3) is 0.138. The number of ether oxygens (including phenoxy) is 2. The van der Waals surface area contributed by atoms with Gasteiger partial charge in [-0.3, -0.25) is 14.9 Å². The van der Waals surface area contributed by atoms with E-state index in [9.17, 15) is 14.4 Å². The zero-order valence-corrected chi connectivity index (χ0v) is 23.7. The molecule has 194 valence electrons. The van der Waals surface area contributed by atoms with Crippen LogP contribution in [0, 0.1) is 0 Å². The maximum absolute atomic E-state index is 13.3. The predicted octanol–water partition coefficient (Wildman–Crippen LogP) is 6.58. The summed E-state index contributed by atoms with van der Waals surface area (Å²) in [6.45, 7) is 6.41. The van der Waals surface area contributed by atoms with E-state index in [1.165, 1.54) is 6.08 Å². The molecular formula is C29H24Br2N2O5. The molecular weight excluding hydrogens is 616 g/mol. The topological polar surface area (TPSA) is 84.9 Å². The third kappa shape index (κ3) is 6.23. The van der Waals surface area contributed by atoms with Gasteiger partial charge in [0.15, 0.2) is 11.5 Å². The molecule has 4 rings (SSSR count). The van der Waals surface area contributed by atoms with Crippen molar-refractivity contribution in [2.45, 2.75) is 20.0 Å². The molecule has 1 fully saturated rings. The first-order valence-corrected chi connectivity index (χ1v) is 13.3. The maximum Gasteiger partial charge on any atom is 0.335 e. The van der Waals surface area contributed by atoms with Gasteiger partial charge in [0.25, 0.3) is 11.8 Å². The van der Waals surface area contributed by atoms with Gasteiger partial charge in [0.1, 0.15) is 12.2 Å². The molecule has 38 heavy (non-hydrogen) atoms. The van der Waals surface area contributed by atoms with Gasteiger partial charge in [0.05, 0.1) is 12.3 Å². The minimum absolute atomic E-state index is 0.180. The molecule has 7 nitrogen and oxygen atoms in total. The van der Waals surface area contributed by atoms with E-state index in [1.807, 2.05) is 37.3 Å². The first-order chi connectivity index (χ1) is 18.3. The van der Waals surface area contributed by atoms with Crippen LogP contribution in [0.3, 0.4) is 0 Å². The van der Waals surface area contributed by atoms with Crippen LogP contribution >= 0.6 is 31.9 Å². The first kappa shape index (κ1) is 27.3. The lowest BCUT2D eigenvalue weighted by atomic mass is 10.0. The molecule has 3 aromatic rings. The number of amides is 4. The smallest absolute Gasteiger partial charge is 0.335 e. The average Bonchev–Trinajstić information content (AvgIpc) is 2.87. The molecule has 4 amide bonds. The number of barbiturate groups is 1. The Morgan fingerprint density at radius 2 is 1.74 bits per heavy atom. The number of carbonyl (C=O) groups is 3. The van der Waals surface area contributed by atoms with Crippen LogP contribution in [0.5, 0.6) is 11.5 Å². The lowest BCUT2D eigenvalue weighted by Crippen LogP contribution is -2.54. The van der Waals surface area contributed by atoms with Crippen LogP contribution in [0.2, 0.25) is 0 Å². The Morgan fingerprint density at radius 1 is 0.974 bits per heavy atom. The Morgan fingerprint density at radius 3 is 2.42 bits per heavy atom. The van der Waals surface area contributed by atoms with Crippen molar-refractivity contribution in [1.82, 2.24) is 5.32 Å². The summed E-state index contributed by atoms with van der Waals surface area (Å²) in [5, 5.41) is 2.25. The molecule has 0 bridgehead atoms. The summed E-state index contributed by atoms with van der Waals surface area (Å²) in [4.78, 5) is 39.5. The SMILES string of the molecule is C=CCc1cc(/C=C2\C(=O)NC(=O)N(c3cccc(Br)c3)C2=O)cc(OCC)c1OCc1ccc(Br)cc1. The molecule has 1 N–H and O–H groups in total. The van der Waals surface area contributed by atoms with Gasteiger partial charge >= 0.3 is 6.03 Å². The fourth-order valence-electron chi connectivity index (χ4n) is 3.91. The van der Waals surface area contributed by atoms with Crippen molar-refractivity contribution in [3.63, 3.8) is 0 Å². The van der Waals surface area contributed by atoms with Crippen molar-refractivity contribution in [3.8, 4) is 11.5 Å². The van der Waals surface area contributed by atoms with Gasteiger partial charge in [-0.25, -0.2) is 9.69 Å². The number of hydrogen-bond acceptors (Lipinski definition) is 5. The van der Waals surface area contributed by atoms with Gasteiger partial charge in [0.2, 0.25) is 0 Å². The summed E-state index contributed by atoms with van der Waals surface area (Å²) >= 11 is 6.78. The van der Waals surface area contributed by atoms with E-state index in [2.05, 4.69) is 43.8 Å². The molecule has 0 radical (unpaired) electrons. The van der Waals surface area contributed by atoms with Crippen molar-refractivity contribution in [2.75, 3.05) is 11.5 Å². The lowest BCUT2D eigenvalue weighted by molar-refractivity contribution is -0.122. The number of benzene rings is 3. The molecule has 0 aliphatic carbocycles. The number of anilines is 1. The fourth-order valence-corrected chi connectivity index (χ4v) is 4.56. The Kier molecular flexibility index (Phi) is 8.81. The molecule has 3 aromatic carbocycles. The second kappa shape index (κ2) is 12.2. The van der Waals surface area contributed by atoms with E-state index in [1.54, 1.807) is 36.4 Å². The van der Waals surface area contributed by atoms with Crippen molar-refractivity contribution in [3.05, 3.63) is 105 Å². The van der Waals surface area contributed by atoms with Crippen molar-refractivity contribution in [2.24, 2.45) is 0 Å². The Balaban J connectivity index is 1.71. The largest absolute Gasteiger partial charge is 0.490 e. The van der Waals surface area contributed by atoms with Crippen LogP contribution < -0.4 is 19.7 Å². The van der Waals surface area contributed by atoms with Crippen LogP contribution in [-0.2, 0) is 22.6 Å². The van der Waals surface area contributed by atoms with E-state index in [0.717, 1.165) is 20.5 Å². The summed E-state index contributed by atoms with van der Waals surface area (Å²) < 4.78 is 13.7. The highest BCUT2D eigenvalue weighted by molar-refractivity contribution is 9.10. The number of imide groups is 2. The summed E-state index contributed by atoms with van der Waals surface area (Å²) in [6.07, 6.45) is 3.65. The van der Waals surface area contributed by atoms with Crippen LogP contribution in [0.1, 0.15) is 23.6 Å². The van der Waals surface area contributed by atoms with Gasteiger partial charge in [0, 0.05) is 14.5 Å². The second-order valence-electron chi connectivity index (χ2n) is 8.29. The van der Waals surface area contributed by atoms with E-state index in [4.69, 9.17) is 9.47 Å². The Labute approximate surface area is 237 Å². The number of carbonyl (C=O) groups excluding carboxylic acids is 3. The minimum Gasteiger partial charge on any atom is -0.490 e. The van der Waals surface area contributed by atoms with Gasteiger partial charge in [-0.2, -0.15) is 0 Å². The summed E-state index contributed by atoms with van der Waals surface area (Å²) in [7, 11) is 0. The van der Waals surface area contributed by atoms with Crippen molar-refractivity contribution >= 4 is 61.5 Å². The lowest BCUT2D eigenvalue weighted by Gasteiger charge is -2.26. The number of urea groups is 1. The van der Waals surface area contributed by atoms with Crippen LogP contribution in [0.25, 0.3) is 6.08 Å². The number of nitrogens with zero attached hydrogens (tertiary/aromatic N) is 1. The molecule has 0 unspecified atom stereocenters. The maximum atomic E-state index is 13.3. The van der Waals surface area contributed by atoms with Gasteiger partial charge in [-0.15, -0.1) is 6.58 Å². The minimum atomic E-state index is -0.811. The zero-order valence-electron chi connectivity index (χ0n) is 20.5. The standard InChI is InChI=1S/C29H24Br2N2O5/c1-3-6-20-13-19(15-25(37-4-2)26(20)38-17-18-9-11-21(30)12-10-18)14-24-27(34)32-29(36)33(28(24)35)23-8-5-7-22(31)16-23/h3,5,7-16H,1,4,6,17H2,2H3,(H,32,34,36)/b24-14+. The Bertz CT molecular complexity index is 1430. The number of rotatable bonds is 9. The van der Waals surface area contributed by atoms with Crippen molar-refractivity contribution in [1.29, 1.82) is 0 Å². The summed E-state index contributed by atoms with van der Waals surface area (Å²) in [5.74, 6) is -0.470. The molecule has 1 saturated heterocycles. The van der Waals surface area contributed by atoms with Gasteiger partial charge in [-0.1, -0.05) is 56.1 Å². The number of allylic oxidation sites excluding steroid dienone is 1. The predicted molar refractivity (Wildman–Crippen MR) is 153 cm³/mol. The highest BCUT2D eigenvalue weighted by Crippen LogP contribution is 2.36. The highest BCUT2D eigenvalue weighted by Gasteiger charge is 2.37.